The Kier molecular flexibility index (Phi) is 3.83. The van der Waals surface area contributed by atoms with E-state index in [-0.39, 0.29) is 18.4 Å². The van der Waals surface area contributed by atoms with Crippen LogP contribution in [0.3, 0.4) is 0 Å². The highest BCUT2D eigenvalue weighted by atomic mass is 19.1. The third-order valence-electron chi connectivity index (χ3n) is 3.79. The monoisotopic (exact) mass is 314 g/mol. The summed E-state index contributed by atoms with van der Waals surface area (Å²) in [4.78, 5) is 23.7. The van der Waals surface area contributed by atoms with Crippen LogP contribution >= 0.6 is 0 Å². The second-order valence-electron chi connectivity index (χ2n) is 5.48. The lowest BCUT2D eigenvalue weighted by atomic mass is 10.0. The molecule has 23 heavy (non-hydrogen) atoms. The van der Waals surface area contributed by atoms with Gasteiger partial charge in [0, 0.05) is 23.2 Å². The molecule has 118 valence electrons. The van der Waals surface area contributed by atoms with Crippen molar-refractivity contribution in [3.05, 3.63) is 59.6 Å². The first-order valence-corrected chi connectivity index (χ1v) is 7.15. The quantitative estimate of drug-likeness (QED) is 0.910. The molecule has 0 spiro atoms. The maximum Gasteiger partial charge on any atom is 0.307 e. The molecule has 0 fully saturated rings. The standard InChI is InChI=1S/C17H15FN2O3/c18-12-3-6-15-14(8-12)11(7-16(21)22)9-20(15)17(23)10-1-4-13(19)5-2-10/h1-4,6,8-9,13H,5,7,19H2,(H,21,22). The SMILES string of the molecule is NC1C=CC(C(=O)n2cc(CC(=O)O)c3cc(F)ccc32)=CC1. The summed E-state index contributed by atoms with van der Waals surface area (Å²) in [5, 5.41) is 9.43. The number of carbonyl (C=O) groups excluding carboxylic acids is 1. The molecule has 5 nitrogen and oxygen atoms in total. The van der Waals surface area contributed by atoms with Gasteiger partial charge < -0.3 is 10.8 Å². The summed E-state index contributed by atoms with van der Waals surface area (Å²) in [6.45, 7) is 0. The number of allylic oxidation sites excluding steroid dienone is 2. The highest BCUT2D eigenvalue weighted by molar-refractivity contribution is 6.05. The first-order valence-electron chi connectivity index (χ1n) is 7.15. The van der Waals surface area contributed by atoms with Crippen LogP contribution in [0.25, 0.3) is 10.9 Å². The predicted molar refractivity (Wildman–Crippen MR) is 83.7 cm³/mol. The Morgan fingerprint density at radius 1 is 1.39 bits per heavy atom. The van der Waals surface area contributed by atoms with E-state index in [1.807, 2.05) is 0 Å². The highest BCUT2D eigenvalue weighted by Gasteiger charge is 2.19. The Hall–Kier alpha value is -2.73. The number of fused-ring (bicyclic) bond motifs is 1. The van der Waals surface area contributed by atoms with Gasteiger partial charge in [0.1, 0.15) is 5.82 Å². The number of benzene rings is 1. The summed E-state index contributed by atoms with van der Waals surface area (Å²) in [5.41, 5.74) is 7.11. The minimum atomic E-state index is -1.04. The van der Waals surface area contributed by atoms with E-state index in [0.29, 0.717) is 28.5 Å². The van der Waals surface area contributed by atoms with Crippen molar-refractivity contribution in [3.63, 3.8) is 0 Å². The number of rotatable bonds is 3. The molecule has 0 bridgehead atoms. The summed E-state index contributed by atoms with van der Waals surface area (Å²) in [6.07, 6.45) is 6.90. The van der Waals surface area contributed by atoms with Crippen LogP contribution in [-0.4, -0.2) is 27.6 Å². The molecule has 3 rings (SSSR count). The molecular weight excluding hydrogens is 299 g/mol. The molecule has 1 aliphatic carbocycles. The van der Waals surface area contributed by atoms with Crippen molar-refractivity contribution in [2.45, 2.75) is 18.9 Å². The molecule has 0 aliphatic heterocycles. The number of halogens is 1. The smallest absolute Gasteiger partial charge is 0.307 e. The van der Waals surface area contributed by atoms with Gasteiger partial charge in [-0.25, -0.2) is 4.39 Å². The third kappa shape index (κ3) is 2.93. The van der Waals surface area contributed by atoms with Gasteiger partial charge in [-0.05, 0) is 30.2 Å². The van der Waals surface area contributed by atoms with Crippen LogP contribution in [0.5, 0.6) is 0 Å². The lowest BCUT2D eigenvalue weighted by molar-refractivity contribution is -0.136. The van der Waals surface area contributed by atoms with E-state index < -0.39 is 11.8 Å². The van der Waals surface area contributed by atoms with Crippen LogP contribution in [0.15, 0.2) is 48.2 Å². The van der Waals surface area contributed by atoms with E-state index in [1.54, 1.807) is 18.2 Å². The van der Waals surface area contributed by atoms with Crippen LogP contribution in [-0.2, 0) is 11.2 Å². The molecule has 2 aromatic rings. The maximum absolute atomic E-state index is 13.5. The van der Waals surface area contributed by atoms with Crippen LogP contribution in [0, 0.1) is 5.82 Å². The summed E-state index contributed by atoms with van der Waals surface area (Å²) in [7, 11) is 0. The highest BCUT2D eigenvalue weighted by Crippen LogP contribution is 2.25. The predicted octanol–water partition coefficient (Wildman–Crippen LogP) is 2.26. The van der Waals surface area contributed by atoms with Gasteiger partial charge in [-0.1, -0.05) is 18.2 Å². The Bertz CT molecular complexity index is 864. The Morgan fingerprint density at radius 3 is 2.83 bits per heavy atom. The topological polar surface area (TPSA) is 85.3 Å². The average molecular weight is 314 g/mol. The number of hydrogen-bond acceptors (Lipinski definition) is 3. The summed E-state index contributed by atoms with van der Waals surface area (Å²) in [5.74, 6) is -1.80. The Balaban J connectivity index is 2.09. The molecule has 0 saturated carbocycles. The number of aromatic nitrogens is 1. The lowest BCUT2D eigenvalue weighted by Crippen LogP contribution is -2.20. The van der Waals surface area contributed by atoms with E-state index in [4.69, 9.17) is 10.8 Å². The first kappa shape index (κ1) is 15.2. The van der Waals surface area contributed by atoms with E-state index in [2.05, 4.69) is 0 Å². The van der Waals surface area contributed by atoms with Crippen molar-refractivity contribution in [2.24, 2.45) is 5.73 Å². The van der Waals surface area contributed by atoms with E-state index in [0.717, 1.165) is 0 Å². The normalized spacial score (nSPS) is 17.3. The van der Waals surface area contributed by atoms with E-state index in [9.17, 15) is 14.0 Å². The molecule has 0 radical (unpaired) electrons. The van der Waals surface area contributed by atoms with Gasteiger partial charge in [0.15, 0.2) is 0 Å². The molecule has 3 N–H and O–H groups in total. The second-order valence-corrected chi connectivity index (χ2v) is 5.48. The largest absolute Gasteiger partial charge is 0.481 e. The molecule has 6 heteroatoms. The number of carbonyl (C=O) groups is 2. The fraction of sp³-hybridized carbons (Fsp3) is 0.176. The maximum atomic E-state index is 13.5. The minimum Gasteiger partial charge on any atom is -0.481 e. The number of hydrogen-bond donors (Lipinski definition) is 2. The summed E-state index contributed by atoms with van der Waals surface area (Å²) < 4.78 is 14.8. The molecule has 1 aliphatic rings. The van der Waals surface area contributed by atoms with Crippen molar-refractivity contribution in [1.29, 1.82) is 0 Å². The fourth-order valence-corrected chi connectivity index (χ4v) is 2.68. The molecule has 0 saturated heterocycles. The van der Waals surface area contributed by atoms with Gasteiger partial charge in [-0.15, -0.1) is 0 Å². The molecule has 1 aromatic heterocycles. The van der Waals surface area contributed by atoms with Gasteiger partial charge in [0.05, 0.1) is 11.9 Å². The molecule has 1 heterocycles. The van der Waals surface area contributed by atoms with E-state index >= 15 is 0 Å². The zero-order valence-corrected chi connectivity index (χ0v) is 12.2. The van der Waals surface area contributed by atoms with Crippen molar-refractivity contribution >= 4 is 22.8 Å². The molecule has 0 amide bonds. The number of carboxylic acid groups (broad SMARTS) is 1. The molecule has 1 unspecified atom stereocenters. The van der Waals surface area contributed by atoms with Crippen LogP contribution in [0.4, 0.5) is 4.39 Å². The lowest BCUT2D eigenvalue weighted by Gasteiger charge is -2.12. The molecule has 1 atom stereocenters. The van der Waals surface area contributed by atoms with Gasteiger partial charge >= 0.3 is 5.97 Å². The Labute approximate surface area is 131 Å². The second kappa shape index (κ2) is 5.81. The Morgan fingerprint density at radius 2 is 2.17 bits per heavy atom. The van der Waals surface area contributed by atoms with Crippen LogP contribution in [0.1, 0.15) is 16.8 Å². The van der Waals surface area contributed by atoms with Crippen molar-refractivity contribution in [1.82, 2.24) is 4.57 Å². The van der Waals surface area contributed by atoms with Crippen molar-refractivity contribution in [3.8, 4) is 0 Å². The average Bonchev–Trinajstić information content (AvgIpc) is 2.84. The summed E-state index contributed by atoms with van der Waals surface area (Å²) >= 11 is 0. The third-order valence-corrected chi connectivity index (χ3v) is 3.79. The van der Waals surface area contributed by atoms with Gasteiger partial charge in [-0.3, -0.25) is 14.2 Å². The van der Waals surface area contributed by atoms with Crippen molar-refractivity contribution in [2.75, 3.05) is 0 Å². The van der Waals surface area contributed by atoms with Crippen molar-refractivity contribution < 1.29 is 19.1 Å². The zero-order valence-electron chi connectivity index (χ0n) is 12.2. The fourth-order valence-electron chi connectivity index (χ4n) is 2.68. The number of nitrogens with zero attached hydrogens (tertiary/aromatic N) is 1. The van der Waals surface area contributed by atoms with Gasteiger partial charge in [0.2, 0.25) is 0 Å². The van der Waals surface area contributed by atoms with Gasteiger partial charge in [-0.2, -0.15) is 0 Å². The number of aliphatic carboxylic acids is 1. The first-order chi connectivity index (χ1) is 11.0. The van der Waals surface area contributed by atoms with Crippen LogP contribution < -0.4 is 5.73 Å². The number of carboxylic acids is 1. The van der Waals surface area contributed by atoms with Crippen LogP contribution in [0.2, 0.25) is 0 Å². The zero-order chi connectivity index (χ0) is 16.6. The molecular formula is C17H15FN2O3. The molecule has 1 aromatic carbocycles. The van der Waals surface area contributed by atoms with Gasteiger partial charge in [0.25, 0.3) is 5.91 Å². The number of nitrogens with two attached hydrogens (primary N) is 1. The summed E-state index contributed by atoms with van der Waals surface area (Å²) in [6, 6.07) is 3.87. The minimum absolute atomic E-state index is 0.107. The van der Waals surface area contributed by atoms with E-state index in [1.165, 1.54) is 29.0 Å².